The van der Waals surface area contributed by atoms with Crippen LogP contribution in [0.3, 0.4) is 0 Å². The number of anilines is 1. The number of nitrogens with two attached hydrogens (primary N) is 1. The van der Waals surface area contributed by atoms with Crippen LogP contribution in [0.4, 0.5) is 5.69 Å². The van der Waals surface area contributed by atoms with Crippen LogP contribution in [0.1, 0.15) is 18.3 Å². The lowest BCUT2D eigenvalue weighted by Crippen LogP contribution is -2.12. The van der Waals surface area contributed by atoms with E-state index in [0.717, 1.165) is 0 Å². The van der Waals surface area contributed by atoms with Gasteiger partial charge in [-0.1, -0.05) is 23.2 Å². The molecule has 2 aromatic rings. The molecule has 0 amide bonds. The van der Waals surface area contributed by atoms with Gasteiger partial charge in [0.15, 0.2) is 9.84 Å². The minimum Gasteiger partial charge on any atom is -0.398 e. The van der Waals surface area contributed by atoms with Gasteiger partial charge in [-0.15, -0.1) is 0 Å². The highest BCUT2D eigenvalue weighted by Crippen LogP contribution is 2.29. The molecule has 0 radical (unpaired) electrons. The van der Waals surface area contributed by atoms with E-state index in [2.05, 4.69) is 5.10 Å². The van der Waals surface area contributed by atoms with E-state index in [1.54, 1.807) is 17.7 Å². The Hall–Kier alpha value is -1.24. The van der Waals surface area contributed by atoms with Crippen molar-refractivity contribution in [2.45, 2.75) is 31.0 Å². The minimum absolute atomic E-state index is 0.00701. The van der Waals surface area contributed by atoms with E-state index in [0.29, 0.717) is 28.0 Å². The molecule has 2 N–H and O–H groups in total. The summed E-state index contributed by atoms with van der Waals surface area (Å²) in [5.74, 6) is -0.273. The van der Waals surface area contributed by atoms with Gasteiger partial charge in [0.2, 0.25) is 0 Å². The maximum atomic E-state index is 12.6. The highest BCUT2D eigenvalue weighted by molar-refractivity contribution is 7.90. The summed E-state index contributed by atoms with van der Waals surface area (Å²) in [7, 11) is -3.66. The fraction of sp³-hybridized carbons (Fsp3) is 0.308. The van der Waals surface area contributed by atoms with Crippen LogP contribution < -0.4 is 5.73 Å². The number of aromatic nitrogens is 2. The number of nitrogen functional groups attached to an aromatic ring is 1. The Bertz CT molecular complexity index is 785. The van der Waals surface area contributed by atoms with E-state index in [-0.39, 0.29) is 16.3 Å². The summed E-state index contributed by atoms with van der Waals surface area (Å²) in [5, 5.41) is 4.89. The van der Waals surface area contributed by atoms with Crippen molar-refractivity contribution in [3.8, 4) is 0 Å². The first kappa shape index (κ1) is 16.1. The van der Waals surface area contributed by atoms with Crippen molar-refractivity contribution >= 4 is 38.7 Å². The van der Waals surface area contributed by atoms with Crippen molar-refractivity contribution in [1.82, 2.24) is 9.78 Å². The maximum absolute atomic E-state index is 12.6. The summed E-state index contributed by atoms with van der Waals surface area (Å²) in [4.78, 5) is 0.00701. The zero-order chi connectivity index (χ0) is 15.8. The molecule has 114 valence electrons. The van der Waals surface area contributed by atoms with Gasteiger partial charge in [0.1, 0.15) is 0 Å². The van der Waals surface area contributed by atoms with Gasteiger partial charge in [0.05, 0.1) is 32.7 Å². The number of hydrogen-bond acceptors (Lipinski definition) is 4. The van der Waals surface area contributed by atoms with Crippen LogP contribution in [0.15, 0.2) is 23.1 Å². The molecule has 0 atom stereocenters. The minimum atomic E-state index is -3.66. The van der Waals surface area contributed by atoms with Crippen molar-refractivity contribution in [2.75, 3.05) is 5.73 Å². The Balaban J connectivity index is 2.50. The molecule has 5 nitrogen and oxygen atoms in total. The van der Waals surface area contributed by atoms with Gasteiger partial charge in [-0.2, -0.15) is 5.10 Å². The molecule has 1 heterocycles. The first-order chi connectivity index (χ1) is 9.76. The first-order valence-corrected chi connectivity index (χ1v) is 8.66. The molecule has 0 bridgehead atoms. The molecule has 8 heteroatoms. The van der Waals surface area contributed by atoms with Crippen LogP contribution in [-0.2, 0) is 22.1 Å². The van der Waals surface area contributed by atoms with Crippen LogP contribution in [-0.4, -0.2) is 18.2 Å². The molecule has 0 fully saturated rings. The third-order valence-electron chi connectivity index (χ3n) is 3.09. The van der Waals surface area contributed by atoms with E-state index in [1.165, 1.54) is 12.1 Å². The van der Waals surface area contributed by atoms with Crippen LogP contribution in [0.5, 0.6) is 0 Å². The van der Waals surface area contributed by atoms with Crippen molar-refractivity contribution < 1.29 is 8.42 Å². The average molecular weight is 348 g/mol. The second-order valence-electron chi connectivity index (χ2n) is 4.60. The van der Waals surface area contributed by atoms with Crippen LogP contribution in [0.2, 0.25) is 10.0 Å². The summed E-state index contributed by atoms with van der Waals surface area (Å²) in [6.45, 7) is 4.13. The van der Waals surface area contributed by atoms with E-state index in [4.69, 9.17) is 28.9 Å². The zero-order valence-corrected chi connectivity index (χ0v) is 13.9. The average Bonchev–Trinajstić information content (AvgIpc) is 2.68. The monoisotopic (exact) mass is 347 g/mol. The van der Waals surface area contributed by atoms with Crippen molar-refractivity contribution in [1.29, 1.82) is 0 Å². The summed E-state index contributed by atoms with van der Waals surface area (Å²) in [6.07, 6.45) is 0. The molecule has 1 aromatic carbocycles. The number of nitrogens with zero attached hydrogens (tertiary/aromatic N) is 2. The van der Waals surface area contributed by atoms with Gasteiger partial charge in [-0.05, 0) is 32.0 Å². The molecule has 0 spiro atoms. The van der Waals surface area contributed by atoms with Crippen LogP contribution in [0.25, 0.3) is 0 Å². The standard InChI is InChI=1S/C13H15Cl2N3O2S/c1-3-18-11(13(15)8(2)17-18)7-21(19,20)12-6-9(14)4-5-10(12)16/h4-6H,3,7,16H2,1-2H3. The molecule has 0 aliphatic carbocycles. The van der Waals surface area contributed by atoms with E-state index >= 15 is 0 Å². The number of benzene rings is 1. The molecule has 0 aliphatic heterocycles. The number of rotatable bonds is 4. The summed E-state index contributed by atoms with van der Waals surface area (Å²) < 4.78 is 26.7. The molecular weight excluding hydrogens is 333 g/mol. The summed E-state index contributed by atoms with van der Waals surface area (Å²) in [6, 6.07) is 4.36. The van der Waals surface area contributed by atoms with E-state index in [9.17, 15) is 8.42 Å². The topological polar surface area (TPSA) is 78.0 Å². The Labute approximate surface area is 133 Å². The second-order valence-corrected chi connectivity index (χ2v) is 7.38. The van der Waals surface area contributed by atoms with Gasteiger partial charge < -0.3 is 5.73 Å². The van der Waals surface area contributed by atoms with Crippen molar-refractivity contribution in [3.05, 3.63) is 39.6 Å². The van der Waals surface area contributed by atoms with Gasteiger partial charge >= 0.3 is 0 Å². The van der Waals surface area contributed by atoms with Gasteiger partial charge in [-0.3, -0.25) is 4.68 Å². The summed E-state index contributed by atoms with van der Waals surface area (Å²) in [5.41, 5.74) is 6.97. The van der Waals surface area contributed by atoms with Crippen molar-refractivity contribution in [2.24, 2.45) is 0 Å². The molecular formula is C13H15Cl2N3O2S. The Morgan fingerprint density at radius 3 is 2.62 bits per heavy atom. The molecule has 2 rings (SSSR count). The normalized spacial score (nSPS) is 11.8. The second kappa shape index (κ2) is 5.87. The quantitative estimate of drug-likeness (QED) is 0.862. The third kappa shape index (κ3) is 3.17. The lowest BCUT2D eigenvalue weighted by Gasteiger charge is -2.09. The van der Waals surface area contributed by atoms with Crippen LogP contribution >= 0.6 is 23.2 Å². The first-order valence-electron chi connectivity index (χ1n) is 6.25. The largest absolute Gasteiger partial charge is 0.398 e. The SMILES string of the molecule is CCn1nc(C)c(Cl)c1CS(=O)(=O)c1cc(Cl)ccc1N. The van der Waals surface area contributed by atoms with Crippen LogP contribution in [0, 0.1) is 6.92 Å². The highest BCUT2D eigenvalue weighted by Gasteiger charge is 2.24. The predicted octanol–water partition coefficient (Wildman–Crippen LogP) is 3.07. The smallest absolute Gasteiger partial charge is 0.186 e. The van der Waals surface area contributed by atoms with Gasteiger partial charge in [-0.25, -0.2) is 8.42 Å². The number of aryl methyl sites for hydroxylation is 2. The lowest BCUT2D eigenvalue weighted by molar-refractivity contribution is 0.586. The molecule has 0 saturated carbocycles. The number of halogens is 2. The van der Waals surface area contributed by atoms with E-state index < -0.39 is 9.84 Å². The number of hydrogen-bond donors (Lipinski definition) is 1. The Kier molecular flexibility index (Phi) is 4.51. The van der Waals surface area contributed by atoms with Gasteiger partial charge in [0.25, 0.3) is 0 Å². The molecule has 21 heavy (non-hydrogen) atoms. The fourth-order valence-corrected chi connectivity index (χ4v) is 4.10. The zero-order valence-electron chi connectivity index (χ0n) is 11.6. The Morgan fingerprint density at radius 2 is 2.00 bits per heavy atom. The molecule has 0 unspecified atom stereocenters. The van der Waals surface area contributed by atoms with E-state index in [1.807, 2.05) is 6.92 Å². The maximum Gasteiger partial charge on any atom is 0.186 e. The third-order valence-corrected chi connectivity index (χ3v) is 5.49. The fourth-order valence-electron chi connectivity index (χ4n) is 2.04. The molecule has 1 aromatic heterocycles. The van der Waals surface area contributed by atoms with Crippen molar-refractivity contribution in [3.63, 3.8) is 0 Å². The molecule has 0 saturated heterocycles. The molecule has 0 aliphatic rings. The summed E-state index contributed by atoms with van der Waals surface area (Å²) >= 11 is 12.0. The predicted molar refractivity (Wildman–Crippen MR) is 84.4 cm³/mol. The number of sulfone groups is 1. The highest BCUT2D eigenvalue weighted by atomic mass is 35.5. The van der Waals surface area contributed by atoms with Gasteiger partial charge in [0, 0.05) is 11.6 Å². The lowest BCUT2D eigenvalue weighted by atomic mass is 10.3. The Morgan fingerprint density at radius 1 is 1.33 bits per heavy atom.